The van der Waals surface area contributed by atoms with Crippen LogP contribution in [0, 0.1) is 0 Å². The van der Waals surface area contributed by atoms with E-state index in [2.05, 4.69) is 10.6 Å². The van der Waals surface area contributed by atoms with Crippen LogP contribution in [0.25, 0.3) is 0 Å². The second-order valence-corrected chi connectivity index (χ2v) is 6.06. The summed E-state index contributed by atoms with van der Waals surface area (Å²) in [6, 6.07) is 6.77. The number of urea groups is 1. The van der Waals surface area contributed by atoms with E-state index in [1.165, 1.54) is 0 Å². The molecule has 2 fully saturated rings. The van der Waals surface area contributed by atoms with Gasteiger partial charge in [0.05, 0.1) is 6.54 Å². The third-order valence-corrected chi connectivity index (χ3v) is 4.24. The zero-order valence-electron chi connectivity index (χ0n) is 13.8. The number of amides is 5. The van der Waals surface area contributed by atoms with Crippen LogP contribution in [0.4, 0.5) is 16.2 Å². The largest absolute Gasteiger partial charge is 0.329 e. The molecule has 1 aromatic rings. The minimum Gasteiger partial charge on any atom is -0.329 e. The normalized spacial score (nSPS) is 17.2. The Morgan fingerprint density at radius 2 is 2.04 bits per heavy atom. The molecular weight excluding hydrogens is 324 g/mol. The molecule has 0 spiro atoms. The lowest BCUT2D eigenvalue weighted by Gasteiger charge is -2.17. The lowest BCUT2D eigenvalue weighted by molar-refractivity contribution is -0.125. The van der Waals surface area contributed by atoms with Crippen molar-refractivity contribution in [3.05, 3.63) is 24.3 Å². The standard InChI is InChI=1S/C17H20N4O4/c22-14(6-2-9-21-16(24)11-18-17(21)25)19-12-4-1-5-13(10-12)20-8-3-7-15(20)23/h1,4-5,10H,2-3,6-9,11H2,(H,18,25)(H,19,22). The molecule has 2 saturated heterocycles. The van der Waals surface area contributed by atoms with Crippen LogP contribution in [0.1, 0.15) is 25.7 Å². The summed E-state index contributed by atoms with van der Waals surface area (Å²) in [5.41, 5.74) is 1.40. The van der Waals surface area contributed by atoms with Crippen molar-refractivity contribution in [2.45, 2.75) is 25.7 Å². The molecule has 2 aliphatic rings. The molecule has 25 heavy (non-hydrogen) atoms. The van der Waals surface area contributed by atoms with Gasteiger partial charge in [-0.3, -0.25) is 19.3 Å². The lowest BCUT2D eigenvalue weighted by Crippen LogP contribution is -2.32. The Balaban J connectivity index is 1.50. The average molecular weight is 344 g/mol. The Bertz CT molecular complexity index is 702. The summed E-state index contributed by atoms with van der Waals surface area (Å²) in [4.78, 5) is 49.5. The lowest BCUT2D eigenvalue weighted by atomic mass is 10.2. The van der Waals surface area contributed by atoms with Crippen molar-refractivity contribution in [3.63, 3.8) is 0 Å². The second-order valence-electron chi connectivity index (χ2n) is 6.06. The summed E-state index contributed by atoms with van der Waals surface area (Å²) in [5, 5.41) is 5.23. The highest BCUT2D eigenvalue weighted by molar-refractivity contribution is 6.02. The number of nitrogens with one attached hydrogen (secondary N) is 2. The molecule has 2 N–H and O–H groups in total. The van der Waals surface area contributed by atoms with Crippen LogP contribution in [-0.4, -0.2) is 48.3 Å². The van der Waals surface area contributed by atoms with E-state index in [0.29, 0.717) is 25.1 Å². The summed E-state index contributed by atoms with van der Waals surface area (Å²) in [6.45, 7) is 0.940. The first-order valence-corrected chi connectivity index (χ1v) is 8.33. The van der Waals surface area contributed by atoms with Gasteiger partial charge in [-0.25, -0.2) is 4.79 Å². The second kappa shape index (κ2) is 7.33. The van der Waals surface area contributed by atoms with Crippen molar-refractivity contribution >= 4 is 35.1 Å². The number of rotatable bonds is 6. The molecule has 2 heterocycles. The number of benzene rings is 1. The van der Waals surface area contributed by atoms with Gasteiger partial charge >= 0.3 is 6.03 Å². The molecule has 0 radical (unpaired) electrons. The number of carbonyl (C=O) groups excluding carboxylic acids is 4. The van der Waals surface area contributed by atoms with Gasteiger partial charge in [0.25, 0.3) is 0 Å². The number of carbonyl (C=O) groups is 4. The van der Waals surface area contributed by atoms with Gasteiger partial charge in [-0.2, -0.15) is 0 Å². The Kier molecular flexibility index (Phi) is 4.97. The van der Waals surface area contributed by atoms with Crippen molar-refractivity contribution < 1.29 is 19.2 Å². The topological polar surface area (TPSA) is 98.8 Å². The van der Waals surface area contributed by atoms with Gasteiger partial charge in [0.1, 0.15) is 0 Å². The summed E-state index contributed by atoms with van der Waals surface area (Å²) < 4.78 is 0. The maximum Gasteiger partial charge on any atom is 0.324 e. The maximum absolute atomic E-state index is 12.1. The van der Waals surface area contributed by atoms with Crippen LogP contribution in [0.15, 0.2) is 24.3 Å². The fourth-order valence-electron chi connectivity index (χ4n) is 2.98. The third-order valence-electron chi connectivity index (χ3n) is 4.24. The van der Waals surface area contributed by atoms with Gasteiger partial charge in [-0.15, -0.1) is 0 Å². The summed E-state index contributed by atoms with van der Waals surface area (Å²) in [6.07, 6.45) is 2.00. The fraction of sp³-hybridized carbons (Fsp3) is 0.412. The highest BCUT2D eigenvalue weighted by Crippen LogP contribution is 2.24. The SMILES string of the molecule is O=C(CCCN1C(=O)CNC1=O)Nc1cccc(N2CCCC2=O)c1. The maximum atomic E-state index is 12.1. The minimum absolute atomic E-state index is 0.0209. The first-order valence-electron chi connectivity index (χ1n) is 8.33. The monoisotopic (exact) mass is 344 g/mol. The molecule has 0 unspecified atom stereocenters. The zero-order chi connectivity index (χ0) is 17.8. The molecule has 0 bridgehead atoms. The smallest absolute Gasteiger partial charge is 0.324 e. The van der Waals surface area contributed by atoms with Crippen LogP contribution in [-0.2, 0) is 14.4 Å². The van der Waals surface area contributed by atoms with Crippen LogP contribution >= 0.6 is 0 Å². The molecule has 3 rings (SSSR count). The molecule has 1 aromatic carbocycles. The van der Waals surface area contributed by atoms with E-state index in [9.17, 15) is 19.2 Å². The van der Waals surface area contributed by atoms with Crippen LogP contribution in [0.3, 0.4) is 0 Å². The Morgan fingerprint density at radius 1 is 1.20 bits per heavy atom. The van der Waals surface area contributed by atoms with E-state index in [1.807, 2.05) is 6.07 Å². The molecule has 0 saturated carbocycles. The number of imide groups is 1. The van der Waals surface area contributed by atoms with E-state index >= 15 is 0 Å². The molecule has 0 atom stereocenters. The molecule has 8 heteroatoms. The van der Waals surface area contributed by atoms with E-state index < -0.39 is 6.03 Å². The number of nitrogens with zero attached hydrogens (tertiary/aromatic N) is 2. The van der Waals surface area contributed by atoms with Crippen LogP contribution < -0.4 is 15.5 Å². The molecule has 0 aromatic heterocycles. The van der Waals surface area contributed by atoms with Crippen molar-refractivity contribution in [1.29, 1.82) is 0 Å². The molecule has 5 amide bonds. The van der Waals surface area contributed by atoms with Gasteiger partial charge in [0.15, 0.2) is 0 Å². The molecule has 2 aliphatic heterocycles. The third kappa shape index (κ3) is 3.96. The van der Waals surface area contributed by atoms with E-state index in [-0.39, 0.29) is 37.2 Å². The van der Waals surface area contributed by atoms with Gasteiger partial charge < -0.3 is 15.5 Å². The predicted octanol–water partition coefficient (Wildman–Crippen LogP) is 1.08. The fourth-order valence-corrected chi connectivity index (χ4v) is 2.98. The Morgan fingerprint density at radius 3 is 2.72 bits per heavy atom. The van der Waals surface area contributed by atoms with Crippen molar-refractivity contribution in [1.82, 2.24) is 10.2 Å². The minimum atomic E-state index is -0.409. The molecule has 132 valence electrons. The van der Waals surface area contributed by atoms with Crippen LogP contribution in [0.2, 0.25) is 0 Å². The number of hydrogen-bond donors (Lipinski definition) is 2. The first kappa shape index (κ1) is 16.9. The van der Waals surface area contributed by atoms with E-state index in [4.69, 9.17) is 0 Å². The molecule has 8 nitrogen and oxygen atoms in total. The predicted molar refractivity (Wildman–Crippen MR) is 91.0 cm³/mol. The van der Waals surface area contributed by atoms with Gasteiger partial charge in [0, 0.05) is 37.3 Å². The van der Waals surface area contributed by atoms with Crippen molar-refractivity contribution in [3.8, 4) is 0 Å². The van der Waals surface area contributed by atoms with Crippen LogP contribution in [0.5, 0.6) is 0 Å². The Hall–Kier alpha value is -2.90. The van der Waals surface area contributed by atoms with E-state index in [0.717, 1.165) is 17.0 Å². The molecular formula is C17H20N4O4. The zero-order valence-corrected chi connectivity index (χ0v) is 13.8. The summed E-state index contributed by atoms with van der Waals surface area (Å²) in [5.74, 6) is -0.373. The van der Waals surface area contributed by atoms with Gasteiger partial charge in [0.2, 0.25) is 17.7 Å². The van der Waals surface area contributed by atoms with Crippen molar-refractivity contribution in [2.75, 3.05) is 29.9 Å². The van der Waals surface area contributed by atoms with Gasteiger partial charge in [-0.1, -0.05) is 6.07 Å². The summed E-state index contributed by atoms with van der Waals surface area (Å²) >= 11 is 0. The quantitative estimate of drug-likeness (QED) is 0.755. The first-order chi connectivity index (χ1) is 12.0. The number of hydrogen-bond acceptors (Lipinski definition) is 4. The number of anilines is 2. The summed E-state index contributed by atoms with van der Waals surface area (Å²) in [7, 11) is 0. The highest BCUT2D eigenvalue weighted by atomic mass is 16.2. The highest BCUT2D eigenvalue weighted by Gasteiger charge is 2.27. The van der Waals surface area contributed by atoms with Crippen molar-refractivity contribution in [2.24, 2.45) is 0 Å². The average Bonchev–Trinajstić information content (AvgIpc) is 3.15. The van der Waals surface area contributed by atoms with E-state index in [1.54, 1.807) is 23.1 Å². The molecule has 0 aliphatic carbocycles. The van der Waals surface area contributed by atoms with Gasteiger partial charge in [-0.05, 0) is 31.0 Å². The Labute approximate surface area is 145 Å².